The van der Waals surface area contributed by atoms with Crippen molar-refractivity contribution in [1.29, 1.82) is 0 Å². The van der Waals surface area contributed by atoms with E-state index in [1.807, 2.05) is 38.4 Å². The molecule has 1 aromatic carbocycles. The molecule has 122 valence electrons. The van der Waals surface area contributed by atoms with Crippen molar-refractivity contribution in [3.63, 3.8) is 0 Å². The zero-order chi connectivity index (χ0) is 17.1. The highest BCUT2D eigenvalue weighted by Crippen LogP contribution is 2.26. The smallest absolute Gasteiger partial charge is 0.338 e. The summed E-state index contributed by atoms with van der Waals surface area (Å²) in [5.74, 6) is 0.658. The summed E-state index contributed by atoms with van der Waals surface area (Å²) in [5, 5.41) is 7.30. The van der Waals surface area contributed by atoms with Crippen molar-refractivity contribution in [2.75, 3.05) is 12.4 Å². The van der Waals surface area contributed by atoms with Gasteiger partial charge in [0.2, 0.25) is 5.95 Å². The van der Waals surface area contributed by atoms with Gasteiger partial charge in [0.15, 0.2) is 5.82 Å². The van der Waals surface area contributed by atoms with Gasteiger partial charge in [0.1, 0.15) is 0 Å². The van der Waals surface area contributed by atoms with Gasteiger partial charge in [-0.2, -0.15) is 5.10 Å². The number of ether oxygens (including phenoxy) is 1. The number of carbonyl (C=O) groups is 1. The molecule has 2 aromatic heterocycles. The predicted molar refractivity (Wildman–Crippen MR) is 90.0 cm³/mol. The molecular formula is C17H17N5O2. The van der Waals surface area contributed by atoms with Crippen molar-refractivity contribution in [2.24, 2.45) is 7.05 Å². The van der Waals surface area contributed by atoms with E-state index in [4.69, 9.17) is 4.74 Å². The summed E-state index contributed by atoms with van der Waals surface area (Å²) in [6.45, 7) is 1.90. The van der Waals surface area contributed by atoms with Gasteiger partial charge in [0, 0.05) is 31.1 Å². The first-order chi connectivity index (χ1) is 11.6. The first-order valence-electron chi connectivity index (χ1n) is 7.36. The Morgan fingerprint density at radius 1 is 1.25 bits per heavy atom. The molecule has 0 atom stereocenters. The number of aryl methyl sites for hydroxylation is 2. The highest BCUT2D eigenvalue weighted by Gasteiger charge is 2.16. The van der Waals surface area contributed by atoms with E-state index in [9.17, 15) is 4.79 Å². The SMILES string of the molecule is COC(=O)c1ccccc1-c1nc(Nc2ccn(C)n2)ncc1C. The van der Waals surface area contributed by atoms with Crippen LogP contribution in [0.25, 0.3) is 11.3 Å². The van der Waals surface area contributed by atoms with Gasteiger partial charge in [-0.15, -0.1) is 0 Å². The largest absolute Gasteiger partial charge is 0.465 e. The minimum absolute atomic E-state index is 0.400. The maximum absolute atomic E-state index is 12.0. The van der Waals surface area contributed by atoms with E-state index in [0.717, 1.165) is 5.56 Å². The molecule has 3 rings (SSSR count). The summed E-state index contributed by atoms with van der Waals surface area (Å²) >= 11 is 0. The molecule has 0 saturated heterocycles. The summed E-state index contributed by atoms with van der Waals surface area (Å²) in [6, 6.07) is 9.03. The van der Waals surface area contributed by atoms with E-state index >= 15 is 0 Å². The molecule has 1 N–H and O–H groups in total. The van der Waals surface area contributed by atoms with Crippen LogP contribution in [0.5, 0.6) is 0 Å². The molecule has 0 unspecified atom stereocenters. The van der Waals surface area contributed by atoms with E-state index in [1.165, 1.54) is 7.11 Å². The van der Waals surface area contributed by atoms with Gasteiger partial charge in [0.25, 0.3) is 0 Å². The lowest BCUT2D eigenvalue weighted by Gasteiger charge is -2.11. The van der Waals surface area contributed by atoms with E-state index in [-0.39, 0.29) is 0 Å². The minimum atomic E-state index is -0.400. The summed E-state index contributed by atoms with van der Waals surface area (Å²) in [5.41, 5.74) is 2.70. The average Bonchev–Trinajstić information content (AvgIpc) is 3.01. The number of carbonyl (C=O) groups excluding carboxylic acids is 1. The molecule has 7 heteroatoms. The molecule has 24 heavy (non-hydrogen) atoms. The Hall–Kier alpha value is -3.22. The van der Waals surface area contributed by atoms with Crippen LogP contribution in [0, 0.1) is 6.92 Å². The first-order valence-corrected chi connectivity index (χ1v) is 7.36. The lowest BCUT2D eigenvalue weighted by Crippen LogP contribution is -2.06. The van der Waals surface area contributed by atoms with E-state index in [2.05, 4.69) is 20.4 Å². The molecular weight excluding hydrogens is 306 g/mol. The quantitative estimate of drug-likeness (QED) is 0.743. The molecule has 0 spiro atoms. The number of nitrogens with zero attached hydrogens (tertiary/aromatic N) is 4. The predicted octanol–water partition coefficient (Wildman–Crippen LogP) is 2.72. The number of nitrogens with one attached hydrogen (secondary N) is 1. The maximum Gasteiger partial charge on any atom is 0.338 e. The Balaban J connectivity index is 2.02. The molecule has 2 heterocycles. The fraction of sp³-hybridized carbons (Fsp3) is 0.176. The molecule has 0 amide bonds. The van der Waals surface area contributed by atoms with Crippen LogP contribution < -0.4 is 5.32 Å². The Labute approximate surface area is 139 Å². The zero-order valence-corrected chi connectivity index (χ0v) is 13.6. The van der Waals surface area contributed by atoms with E-state index in [1.54, 1.807) is 23.0 Å². The third kappa shape index (κ3) is 3.10. The summed E-state index contributed by atoms with van der Waals surface area (Å²) in [4.78, 5) is 20.8. The maximum atomic E-state index is 12.0. The van der Waals surface area contributed by atoms with Crippen LogP contribution in [-0.4, -0.2) is 32.8 Å². The molecule has 7 nitrogen and oxygen atoms in total. The third-order valence-electron chi connectivity index (χ3n) is 3.51. The van der Waals surface area contributed by atoms with Crippen LogP contribution >= 0.6 is 0 Å². The number of methoxy groups -OCH3 is 1. The van der Waals surface area contributed by atoms with Crippen LogP contribution in [0.3, 0.4) is 0 Å². The van der Waals surface area contributed by atoms with Crippen molar-refractivity contribution in [1.82, 2.24) is 19.7 Å². The normalized spacial score (nSPS) is 10.5. The average molecular weight is 323 g/mol. The van der Waals surface area contributed by atoms with Crippen molar-refractivity contribution in [2.45, 2.75) is 6.92 Å². The standard InChI is InChI=1S/C17H17N5O2/c1-11-10-18-17(19-14-8-9-22(2)21-14)20-15(11)12-6-4-5-7-13(12)16(23)24-3/h4-10H,1-3H3,(H,18,19,20,21). The number of hydrogen-bond donors (Lipinski definition) is 1. The fourth-order valence-corrected chi connectivity index (χ4v) is 2.35. The molecule has 0 aliphatic heterocycles. The second-order valence-electron chi connectivity index (χ2n) is 5.26. The highest BCUT2D eigenvalue weighted by atomic mass is 16.5. The molecule has 3 aromatic rings. The second-order valence-corrected chi connectivity index (χ2v) is 5.26. The molecule has 0 aliphatic rings. The monoisotopic (exact) mass is 323 g/mol. The first kappa shape index (κ1) is 15.7. The Kier molecular flexibility index (Phi) is 4.24. The van der Waals surface area contributed by atoms with Gasteiger partial charge in [-0.05, 0) is 18.6 Å². The van der Waals surface area contributed by atoms with Crippen LogP contribution in [0.1, 0.15) is 15.9 Å². The molecule has 0 saturated carbocycles. The van der Waals surface area contributed by atoms with Crippen molar-refractivity contribution >= 4 is 17.7 Å². The number of hydrogen-bond acceptors (Lipinski definition) is 6. The summed E-state index contributed by atoms with van der Waals surface area (Å²) in [7, 11) is 3.19. The van der Waals surface area contributed by atoms with Crippen LogP contribution in [0.4, 0.5) is 11.8 Å². The number of benzene rings is 1. The summed E-state index contributed by atoms with van der Waals surface area (Å²) in [6.07, 6.45) is 3.53. The van der Waals surface area contributed by atoms with Gasteiger partial charge in [-0.25, -0.2) is 14.8 Å². The molecule has 0 bridgehead atoms. The van der Waals surface area contributed by atoms with Crippen molar-refractivity contribution in [3.05, 3.63) is 53.9 Å². The fourth-order valence-electron chi connectivity index (χ4n) is 2.35. The number of rotatable bonds is 4. The molecule has 0 radical (unpaired) electrons. The lowest BCUT2D eigenvalue weighted by molar-refractivity contribution is 0.0601. The van der Waals surface area contributed by atoms with Gasteiger partial charge in [-0.3, -0.25) is 4.68 Å². The lowest BCUT2D eigenvalue weighted by atomic mass is 10.0. The topological polar surface area (TPSA) is 81.9 Å². The zero-order valence-electron chi connectivity index (χ0n) is 13.6. The number of aromatic nitrogens is 4. The van der Waals surface area contributed by atoms with Crippen LogP contribution in [-0.2, 0) is 11.8 Å². The molecule has 0 fully saturated rings. The Bertz CT molecular complexity index is 888. The molecule has 0 aliphatic carbocycles. The third-order valence-corrected chi connectivity index (χ3v) is 3.51. The van der Waals surface area contributed by atoms with Crippen molar-refractivity contribution in [3.8, 4) is 11.3 Å². The van der Waals surface area contributed by atoms with Gasteiger partial charge >= 0.3 is 5.97 Å². The van der Waals surface area contributed by atoms with Crippen LogP contribution in [0.2, 0.25) is 0 Å². The van der Waals surface area contributed by atoms with Gasteiger partial charge in [-0.1, -0.05) is 18.2 Å². The second kappa shape index (κ2) is 6.49. The van der Waals surface area contributed by atoms with E-state index in [0.29, 0.717) is 28.6 Å². The van der Waals surface area contributed by atoms with Gasteiger partial charge < -0.3 is 10.1 Å². The van der Waals surface area contributed by atoms with Gasteiger partial charge in [0.05, 0.1) is 18.4 Å². The highest BCUT2D eigenvalue weighted by molar-refractivity contribution is 5.97. The Morgan fingerprint density at radius 2 is 2.04 bits per heavy atom. The van der Waals surface area contributed by atoms with E-state index < -0.39 is 5.97 Å². The summed E-state index contributed by atoms with van der Waals surface area (Å²) < 4.78 is 6.54. The number of esters is 1. The number of anilines is 2. The van der Waals surface area contributed by atoms with Crippen LogP contribution in [0.15, 0.2) is 42.7 Å². The minimum Gasteiger partial charge on any atom is -0.465 e. The van der Waals surface area contributed by atoms with Crippen molar-refractivity contribution < 1.29 is 9.53 Å². The Morgan fingerprint density at radius 3 is 2.75 bits per heavy atom.